The molecule has 17 heavy (non-hydrogen) atoms. The van der Waals surface area contributed by atoms with E-state index in [1.54, 1.807) is 7.11 Å². The van der Waals surface area contributed by atoms with Gasteiger partial charge in [-0.05, 0) is 39.9 Å². The number of hydrogen-bond acceptors (Lipinski definition) is 2. The van der Waals surface area contributed by atoms with Crippen LogP contribution in [0, 0.1) is 11.3 Å². The van der Waals surface area contributed by atoms with Gasteiger partial charge in [0.1, 0.15) is 5.75 Å². The summed E-state index contributed by atoms with van der Waals surface area (Å²) in [4.78, 5) is 12.0. The Kier molecular flexibility index (Phi) is 3.17. The van der Waals surface area contributed by atoms with Gasteiger partial charge in [0.15, 0.2) is 0 Å². The molecule has 1 N–H and O–H groups in total. The Morgan fingerprint density at radius 2 is 2.18 bits per heavy atom. The van der Waals surface area contributed by atoms with Crippen LogP contribution in [0.4, 0.5) is 5.69 Å². The fourth-order valence-corrected chi connectivity index (χ4v) is 2.21. The van der Waals surface area contributed by atoms with Crippen molar-refractivity contribution >= 4 is 27.5 Å². The van der Waals surface area contributed by atoms with Crippen LogP contribution in [0.1, 0.15) is 20.3 Å². The number of methoxy groups -OCH3 is 1. The summed E-state index contributed by atoms with van der Waals surface area (Å²) in [7, 11) is 1.61. The van der Waals surface area contributed by atoms with E-state index >= 15 is 0 Å². The molecule has 1 aliphatic rings. The molecule has 3 nitrogen and oxygen atoms in total. The van der Waals surface area contributed by atoms with Gasteiger partial charge in [-0.3, -0.25) is 4.79 Å². The SMILES string of the molecule is COc1ccc(Br)c(NC(=O)C2CC2(C)C)c1. The highest BCUT2D eigenvalue weighted by molar-refractivity contribution is 9.10. The highest BCUT2D eigenvalue weighted by Crippen LogP contribution is 2.52. The topological polar surface area (TPSA) is 38.3 Å². The number of halogens is 1. The van der Waals surface area contributed by atoms with E-state index in [0.29, 0.717) is 0 Å². The molecule has 1 atom stereocenters. The van der Waals surface area contributed by atoms with Crippen LogP contribution in [-0.2, 0) is 4.79 Å². The summed E-state index contributed by atoms with van der Waals surface area (Å²) in [6, 6.07) is 5.53. The number of nitrogens with one attached hydrogen (secondary N) is 1. The Labute approximate surface area is 110 Å². The third-order valence-electron chi connectivity index (χ3n) is 3.26. The minimum absolute atomic E-state index is 0.0870. The van der Waals surface area contributed by atoms with E-state index in [1.165, 1.54) is 0 Å². The lowest BCUT2D eigenvalue weighted by Gasteiger charge is -2.10. The third kappa shape index (κ3) is 2.63. The third-order valence-corrected chi connectivity index (χ3v) is 3.95. The first-order valence-electron chi connectivity index (χ1n) is 5.58. The Balaban J connectivity index is 2.11. The Hall–Kier alpha value is -1.03. The summed E-state index contributed by atoms with van der Waals surface area (Å²) in [6.45, 7) is 4.22. The molecule has 1 aliphatic carbocycles. The number of ether oxygens (including phenoxy) is 1. The van der Waals surface area contributed by atoms with Gasteiger partial charge in [-0.2, -0.15) is 0 Å². The average Bonchev–Trinajstić information content (AvgIpc) is 2.91. The Morgan fingerprint density at radius 1 is 1.53 bits per heavy atom. The van der Waals surface area contributed by atoms with Crippen molar-refractivity contribution in [1.29, 1.82) is 0 Å². The Morgan fingerprint density at radius 3 is 2.71 bits per heavy atom. The zero-order valence-corrected chi connectivity index (χ0v) is 11.8. The van der Waals surface area contributed by atoms with Crippen molar-refractivity contribution in [2.24, 2.45) is 11.3 Å². The molecule has 0 radical (unpaired) electrons. The molecule has 1 aromatic rings. The van der Waals surface area contributed by atoms with E-state index in [4.69, 9.17) is 4.74 Å². The van der Waals surface area contributed by atoms with Crippen LogP contribution in [0.25, 0.3) is 0 Å². The predicted octanol–water partition coefficient (Wildman–Crippen LogP) is 3.44. The summed E-state index contributed by atoms with van der Waals surface area (Å²) < 4.78 is 6.00. The maximum absolute atomic E-state index is 12.0. The first-order chi connectivity index (χ1) is 7.94. The number of amides is 1. The molecular formula is C13H16BrNO2. The van der Waals surface area contributed by atoms with Gasteiger partial charge in [-0.25, -0.2) is 0 Å². The first-order valence-corrected chi connectivity index (χ1v) is 6.38. The number of benzene rings is 1. The molecule has 1 amide bonds. The number of hydrogen-bond donors (Lipinski definition) is 1. The van der Waals surface area contributed by atoms with Crippen LogP contribution in [0.5, 0.6) is 5.75 Å². The summed E-state index contributed by atoms with van der Waals surface area (Å²) in [6.07, 6.45) is 0.959. The molecule has 0 spiro atoms. The van der Waals surface area contributed by atoms with Gasteiger partial charge < -0.3 is 10.1 Å². The maximum atomic E-state index is 12.0. The van der Waals surface area contributed by atoms with Crippen LogP contribution < -0.4 is 10.1 Å². The molecule has 1 aromatic carbocycles. The molecule has 1 unspecified atom stereocenters. The van der Waals surface area contributed by atoms with Crippen LogP contribution in [-0.4, -0.2) is 13.0 Å². The van der Waals surface area contributed by atoms with E-state index in [9.17, 15) is 4.79 Å². The van der Waals surface area contributed by atoms with E-state index in [1.807, 2.05) is 18.2 Å². The summed E-state index contributed by atoms with van der Waals surface area (Å²) in [5, 5.41) is 2.94. The molecular weight excluding hydrogens is 282 g/mol. The van der Waals surface area contributed by atoms with Crippen molar-refractivity contribution in [1.82, 2.24) is 0 Å². The zero-order chi connectivity index (χ0) is 12.6. The largest absolute Gasteiger partial charge is 0.497 e. The Bertz CT molecular complexity index is 457. The number of rotatable bonds is 3. The van der Waals surface area contributed by atoms with Gasteiger partial charge in [0, 0.05) is 16.5 Å². The quantitative estimate of drug-likeness (QED) is 0.928. The van der Waals surface area contributed by atoms with Crippen molar-refractivity contribution in [2.45, 2.75) is 20.3 Å². The monoisotopic (exact) mass is 297 g/mol. The molecule has 0 bridgehead atoms. The summed E-state index contributed by atoms with van der Waals surface area (Å²) >= 11 is 3.42. The summed E-state index contributed by atoms with van der Waals surface area (Å²) in [5.74, 6) is 0.947. The van der Waals surface area contributed by atoms with Gasteiger partial charge in [0.2, 0.25) is 5.91 Å². The van der Waals surface area contributed by atoms with Crippen molar-refractivity contribution in [3.63, 3.8) is 0 Å². The zero-order valence-electron chi connectivity index (χ0n) is 10.2. The van der Waals surface area contributed by atoms with Crippen molar-refractivity contribution < 1.29 is 9.53 Å². The first kappa shape index (κ1) is 12.4. The molecule has 1 saturated carbocycles. The van der Waals surface area contributed by atoms with Crippen LogP contribution in [0.15, 0.2) is 22.7 Å². The average molecular weight is 298 g/mol. The smallest absolute Gasteiger partial charge is 0.228 e. The normalized spacial score (nSPS) is 20.8. The molecule has 0 aliphatic heterocycles. The van der Waals surface area contributed by atoms with Gasteiger partial charge in [-0.15, -0.1) is 0 Å². The van der Waals surface area contributed by atoms with Crippen LogP contribution >= 0.6 is 15.9 Å². The van der Waals surface area contributed by atoms with Crippen molar-refractivity contribution in [2.75, 3.05) is 12.4 Å². The van der Waals surface area contributed by atoms with Crippen molar-refractivity contribution in [3.8, 4) is 5.75 Å². The number of carbonyl (C=O) groups excluding carboxylic acids is 1. The highest BCUT2D eigenvalue weighted by Gasteiger charge is 2.50. The molecule has 0 aromatic heterocycles. The van der Waals surface area contributed by atoms with E-state index in [-0.39, 0.29) is 17.2 Å². The van der Waals surface area contributed by atoms with E-state index in [2.05, 4.69) is 35.1 Å². The second kappa shape index (κ2) is 4.33. The lowest BCUT2D eigenvalue weighted by Crippen LogP contribution is -2.16. The molecule has 0 saturated heterocycles. The lowest BCUT2D eigenvalue weighted by atomic mass is 10.1. The molecule has 0 heterocycles. The molecule has 92 valence electrons. The van der Waals surface area contributed by atoms with Gasteiger partial charge in [0.25, 0.3) is 0 Å². The highest BCUT2D eigenvalue weighted by atomic mass is 79.9. The number of carbonyl (C=O) groups is 1. The predicted molar refractivity (Wildman–Crippen MR) is 71.2 cm³/mol. The van der Waals surface area contributed by atoms with E-state index < -0.39 is 0 Å². The molecule has 4 heteroatoms. The minimum atomic E-state index is 0.0870. The standard InChI is InChI=1S/C13H16BrNO2/c1-13(2)7-9(13)12(16)15-11-6-8(17-3)4-5-10(11)14/h4-6,9H,7H2,1-3H3,(H,15,16). The van der Waals surface area contributed by atoms with E-state index in [0.717, 1.165) is 22.3 Å². The van der Waals surface area contributed by atoms with Gasteiger partial charge in [-0.1, -0.05) is 13.8 Å². The van der Waals surface area contributed by atoms with Crippen LogP contribution in [0.2, 0.25) is 0 Å². The van der Waals surface area contributed by atoms with Gasteiger partial charge >= 0.3 is 0 Å². The summed E-state index contributed by atoms with van der Waals surface area (Å²) in [5.41, 5.74) is 0.909. The second-order valence-electron chi connectivity index (χ2n) is 5.08. The fraction of sp³-hybridized carbons (Fsp3) is 0.462. The fourth-order valence-electron chi connectivity index (χ4n) is 1.86. The number of anilines is 1. The lowest BCUT2D eigenvalue weighted by molar-refractivity contribution is -0.118. The van der Waals surface area contributed by atoms with Gasteiger partial charge in [0.05, 0.1) is 12.8 Å². The minimum Gasteiger partial charge on any atom is -0.497 e. The molecule has 1 fully saturated rings. The maximum Gasteiger partial charge on any atom is 0.228 e. The second-order valence-corrected chi connectivity index (χ2v) is 5.93. The van der Waals surface area contributed by atoms with Crippen molar-refractivity contribution in [3.05, 3.63) is 22.7 Å². The molecule has 2 rings (SSSR count). The van der Waals surface area contributed by atoms with Crippen LogP contribution in [0.3, 0.4) is 0 Å².